The third-order valence-corrected chi connectivity index (χ3v) is 3.86. The molecule has 0 aliphatic carbocycles. The number of carbonyl (C=O) groups is 1. The molecule has 3 aromatic rings. The molecule has 0 fully saturated rings. The average molecular weight is 315 g/mol. The molecule has 112 valence electrons. The lowest BCUT2D eigenvalue weighted by Gasteiger charge is -1.97. The van der Waals surface area contributed by atoms with Gasteiger partial charge < -0.3 is 14.5 Å². The molecule has 3 rings (SSSR count). The minimum Gasteiger partial charge on any atom is -0.508 e. The molecule has 2 heterocycles. The monoisotopic (exact) mass is 315 g/mol. The van der Waals surface area contributed by atoms with Gasteiger partial charge in [-0.1, -0.05) is 23.9 Å². The summed E-state index contributed by atoms with van der Waals surface area (Å²) in [4.78, 5) is 14.0. The maximum atomic E-state index is 11.0. The standard InChI is InChI=1S/C15H13N3O3S/c1-9(19)8-22-15-16-14(17-18-15)13-6-5-12(21-13)10-3-2-4-11(20)7-10/h2-7,20H,8H2,1H3,(H,16,17,18). The number of rotatable bonds is 5. The van der Waals surface area contributed by atoms with Gasteiger partial charge in [0.25, 0.3) is 0 Å². The molecular formula is C15H13N3O3S. The van der Waals surface area contributed by atoms with Crippen LogP contribution in [-0.4, -0.2) is 31.8 Å². The number of thioether (sulfide) groups is 1. The molecular weight excluding hydrogens is 302 g/mol. The third kappa shape index (κ3) is 3.20. The highest BCUT2D eigenvalue weighted by atomic mass is 32.2. The van der Waals surface area contributed by atoms with Crippen molar-refractivity contribution in [2.24, 2.45) is 0 Å². The van der Waals surface area contributed by atoms with Crippen molar-refractivity contribution >= 4 is 17.5 Å². The van der Waals surface area contributed by atoms with E-state index in [0.717, 1.165) is 5.56 Å². The van der Waals surface area contributed by atoms with Crippen LogP contribution in [0.5, 0.6) is 5.75 Å². The molecule has 0 amide bonds. The summed E-state index contributed by atoms with van der Waals surface area (Å²) in [7, 11) is 0. The number of Topliss-reactive ketones (excluding diaryl/α,β-unsaturated/α-hetero) is 1. The van der Waals surface area contributed by atoms with Crippen molar-refractivity contribution in [1.82, 2.24) is 15.2 Å². The van der Waals surface area contributed by atoms with E-state index in [1.165, 1.54) is 18.7 Å². The Hall–Kier alpha value is -2.54. The number of nitrogens with one attached hydrogen (secondary N) is 1. The predicted octanol–water partition coefficient (Wildman–Crippen LogP) is 3.12. The van der Waals surface area contributed by atoms with Gasteiger partial charge in [-0.15, -0.1) is 10.2 Å². The number of hydrogen-bond acceptors (Lipinski definition) is 6. The molecule has 0 atom stereocenters. The van der Waals surface area contributed by atoms with Crippen molar-refractivity contribution in [3.05, 3.63) is 36.4 Å². The van der Waals surface area contributed by atoms with Crippen molar-refractivity contribution in [3.8, 4) is 28.7 Å². The minimum atomic E-state index is 0.0760. The van der Waals surface area contributed by atoms with Crippen LogP contribution in [0.25, 0.3) is 22.9 Å². The van der Waals surface area contributed by atoms with E-state index in [4.69, 9.17) is 4.42 Å². The van der Waals surface area contributed by atoms with Crippen LogP contribution in [0.2, 0.25) is 0 Å². The highest BCUT2D eigenvalue weighted by Gasteiger charge is 2.12. The topological polar surface area (TPSA) is 92.0 Å². The molecule has 7 heteroatoms. The zero-order valence-electron chi connectivity index (χ0n) is 11.7. The van der Waals surface area contributed by atoms with E-state index >= 15 is 0 Å². The number of aromatic hydroxyl groups is 1. The fraction of sp³-hybridized carbons (Fsp3) is 0.133. The van der Waals surface area contributed by atoms with Gasteiger partial charge in [-0.05, 0) is 31.2 Å². The Labute approximate surface area is 130 Å². The number of carbonyl (C=O) groups excluding carboxylic acids is 1. The van der Waals surface area contributed by atoms with Gasteiger partial charge >= 0.3 is 0 Å². The molecule has 0 saturated carbocycles. The third-order valence-electron chi connectivity index (χ3n) is 2.85. The van der Waals surface area contributed by atoms with Crippen LogP contribution in [0.1, 0.15) is 6.92 Å². The molecule has 0 saturated heterocycles. The van der Waals surface area contributed by atoms with Gasteiger partial charge in [0.2, 0.25) is 0 Å². The molecule has 0 aliphatic rings. The van der Waals surface area contributed by atoms with E-state index in [1.807, 2.05) is 6.07 Å². The smallest absolute Gasteiger partial charge is 0.197 e. The summed E-state index contributed by atoms with van der Waals surface area (Å²) in [5, 5.41) is 18.0. The molecule has 2 aromatic heterocycles. The Morgan fingerprint density at radius 1 is 1.27 bits per heavy atom. The van der Waals surface area contributed by atoms with Crippen molar-refractivity contribution in [1.29, 1.82) is 0 Å². The second kappa shape index (κ2) is 6.07. The van der Waals surface area contributed by atoms with Crippen LogP contribution in [0.4, 0.5) is 0 Å². The van der Waals surface area contributed by atoms with Gasteiger partial charge in [-0.3, -0.25) is 4.79 Å². The summed E-state index contributed by atoms with van der Waals surface area (Å²) < 4.78 is 5.73. The van der Waals surface area contributed by atoms with Gasteiger partial charge in [-0.2, -0.15) is 0 Å². The normalized spacial score (nSPS) is 10.8. The zero-order chi connectivity index (χ0) is 15.5. The van der Waals surface area contributed by atoms with Crippen LogP contribution >= 0.6 is 11.8 Å². The first-order chi connectivity index (χ1) is 10.6. The molecule has 2 N–H and O–H groups in total. The number of furan rings is 1. The number of ketones is 1. The fourth-order valence-electron chi connectivity index (χ4n) is 1.87. The molecule has 0 aliphatic heterocycles. The van der Waals surface area contributed by atoms with Crippen LogP contribution in [0.3, 0.4) is 0 Å². The lowest BCUT2D eigenvalue weighted by molar-refractivity contribution is -0.114. The number of aromatic nitrogens is 3. The first-order valence-corrected chi connectivity index (χ1v) is 7.55. The Morgan fingerprint density at radius 3 is 2.86 bits per heavy atom. The zero-order valence-corrected chi connectivity index (χ0v) is 12.6. The molecule has 0 bridgehead atoms. The van der Waals surface area contributed by atoms with E-state index < -0.39 is 0 Å². The molecule has 1 aromatic carbocycles. The lowest BCUT2D eigenvalue weighted by atomic mass is 10.2. The number of nitrogens with zero attached hydrogens (tertiary/aromatic N) is 2. The molecule has 22 heavy (non-hydrogen) atoms. The fourth-order valence-corrected chi connectivity index (χ4v) is 2.48. The van der Waals surface area contributed by atoms with E-state index in [1.54, 1.807) is 30.3 Å². The van der Waals surface area contributed by atoms with Gasteiger partial charge in [0.05, 0.1) is 5.75 Å². The number of aromatic amines is 1. The quantitative estimate of drug-likeness (QED) is 0.703. The summed E-state index contributed by atoms with van der Waals surface area (Å²) in [5.74, 6) is 2.27. The Balaban J connectivity index is 1.80. The number of phenols is 1. The molecule has 0 radical (unpaired) electrons. The maximum Gasteiger partial charge on any atom is 0.197 e. The van der Waals surface area contributed by atoms with Crippen molar-refractivity contribution in [2.45, 2.75) is 12.1 Å². The second-order valence-corrected chi connectivity index (χ2v) is 5.65. The van der Waals surface area contributed by atoms with Crippen LogP contribution < -0.4 is 0 Å². The van der Waals surface area contributed by atoms with E-state index in [-0.39, 0.29) is 11.5 Å². The summed E-state index contributed by atoms with van der Waals surface area (Å²) in [5.41, 5.74) is 0.775. The van der Waals surface area contributed by atoms with Gasteiger partial charge in [0, 0.05) is 5.56 Å². The number of benzene rings is 1. The van der Waals surface area contributed by atoms with E-state index in [2.05, 4.69) is 15.2 Å². The van der Waals surface area contributed by atoms with Gasteiger partial charge in [-0.25, -0.2) is 0 Å². The van der Waals surface area contributed by atoms with Crippen molar-refractivity contribution in [3.63, 3.8) is 0 Å². The van der Waals surface area contributed by atoms with Gasteiger partial charge in [0.1, 0.15) is 17.3 Å². The maximum absolute atomic E-state index is 11.0. The van der Waals surface area contributed by atoms with E-state index in [0.29, 0.717) is 28.3 Å². The van der Waals surface area contributed by atoms with Crippen LogP contribution in [0, 0.1) is 0 Å². The highest BCUT2D eigenvalue weighted by Crippen LogP contribution is 2.29. The summed E-state index contributed by atoms with van der Waals surface area (Å²) in [6, 6.07) is 10.4. The lowest BCUT2D eigenvalue weighted by Crippen LogP contribution is -1.93. The van der Waals surface area contributed by atoms with Crippen LogP contribution in [0.15, 0.2) is 46.0 Å². The molecule has 6 nitrogen and oxygen atoms in total. The second-order valence-electron chi connectivity index (χ2n) is 4.68. The van der Waals surface area contributed by atoms with Gasteiger partial charge in [0.15, 0.2) is 16.7 Å². The number of hydrogen-bond donors (Lipinski definition) is 2. The first kappa shape index (κ1) is 14.4. The predicted molar refractivity (Wildman–Crippen MR) is 82.6 cm³/mol. The molecule has 0 spiro atoms. The van der Waals surface area contributed by atoms with Crippen LogP contribution in [-0.2, 0) is 4.79 Å². The largest absolute Gasteiger partial charge is 0.508 e. The Kier molecular flexibility index (Phi) is 3.97. The minimum absolute atomic E-state index is 0.0760. The summed E-state index contributed by atoms with van der Waals surface area (Å²) >= 11 is 1.30. The summed E-state index contributed by atoms with van der Waals surface area (Å²) in [6.07, 6.45) is 0. The SMILES string of the molecule is CC(=O)CSc1nnc(-c2ccc(-c3cccc(O)c3)o2)[nH]1. The number of phenolic OH excluding ortho intramolecular Hbond substituents is 1. The first-order valence-electron chi connectivity index (χ1n) is 6.56. The van der Waals surface area contributed by atoms with E-state index in [9.17, 15) is 9.90 Å². The summed E-state index contributed by atoms with van der Waals surface area (Å²) in [6.45, 7) is 1.53. The Morgan fingerprint density at radius 2 is 2.09 bits per heavy atom. The average Bonchev–Trinajstić information content (AvgIpc) is 3.14. The molecule has 0 unspecified atom stereocenters. The Bertz CT molecular complexity index is 810. The van der Waals surface area contributed by atoms with Crippen molar-refractivity contribution in [2.75, 3.05) is 5.75 Å². The van der Waals surface area contributed by atoms with Crippen molar-refractivity contribution < 1.29 is 14.3 Å². The number of H-pyrrole nitrogens is 1. The highest BCUT2D eigenvalue weighted by molar-refractivity contribution is 7.99.